The Balaban J connectivity index is 2.00. The number of nitrogens with one attached hydrogen (secondary N) is 1. The monoisotopic (exact) mass is 385 g/mol. The van der Waals surface area contributed by atoms with Crippen molar-refractivity contribution >= 4 is 18.0 Å². The molecule has 0 radical (unpaired) electrons. The van der Waals surface area contributed by atoms with Crippen LogP contribution in [0, 0.1) is 0 Å². The molecule has 2 rings (SSSR count). The normalized spacial score (nSPS) is 11.6. The van der Waals surface area contributed by atoms with E-state index in [4.69, 9.17) is 5.11 Å². The van der Waals surface area contributed by atoms with Gasteiger partial charge in [-0.1, -0.05) is 0 Å². The third-order valence-corrected chi connectivity index (χ3v) is 3.19. The van der Waals surface area contributed by atoms with E-state index in [0.29, 0.717) is 9.46 Å². The van der Waals surface area contributed by atoms with Crippen LogP contribution in [0.15, 0.2) is 24.3 Å². The minimum absolute atomic E-state index is 0.354. The van der Waals surface area contributed by atoms with Crippen molar-refractivity contribution in [3.05, 3.63) is 24.3 Å². The van der Waals surface area contributed by atoms with Gasteiger partial charge in [0.2, 0.25) is 23.5 Å². The molecule has 0 saturated heterocycles. The van der Waals surface area contributed by atoms with Gasteiger partial charge in [0.05, 0.1) is 6.42 Å². The Kier molecular flexibility index (Phi) is 5.65. The first-order valence-electron chi connectivity index (χ1n) is 7.31. The zero-order valence-corrected chi connectivity index (χ0v) is 13.5. The van der Waals surface area contributed by atoms with Crippen molar-refractivity contribution in [2.45, 2.75) is 18.9 Å². The van der Waals surface area contributed by atoms with Gasteiger partial charge in [-0.3, -0.25) is 0 Å². The summed E-state index contributed by atoms with van der Waals surface area (Å²) < 4.78 is 0.781. The van der Waals surface area contributed by atoms with Crippen molar-refractivity contribution in [1.82, 2.24) is 14.8 Å². The third-order valence-electron chi connectivity index (χ3n) is 3.19. The molecule has 0 fully saturated rings. The van der Waals surface area contributed by atoms with Gasteiger partial charge in [0.1, 0.15) is 6.04 Å². The maximum absolute atomic E-state index is 12.1. The molecule has 2 aromatic heterocycles. The molecule has 146 valence electrons. The molecule has 6 N–H and O–H groups in total. The summed E-state index contributed by atoms with van der Waals surface area (Å²) >= 11 is 0. The van der Waals surface area contributed by atoms with E-state index in [9.17, 15) is 34.8 Å². The second-order valence-electron chi connectivity index (χ2n) is 5.10. The van der Waals surface area contributed by atoms with Crippen LogP contribution in [0.25, 0.3) is 0 Å². The van der Waals surface area contributed by atoms with E-state index in [-0.39, 0.29) is 0 Å². The van der Waals surface area contributed by atoms with Crippen molar-refractivity contribution < 1.29 is 49.6 Å². The van der Waals surface area contributed by atoms with Gasteiger partial charge in [0.25, 0.3) is 0 Å². The van der Waals surface area contributed by atoms with Crippen LogP contribution in [0.3, 0.4) is 0 Å². The standard InChI is InChI=1S/C14H15N3O10/c18-8-2-3-9(19)16(8)26-12(22)6-1-7(15-14(24)25)13(23)27-17-10(20)4-5-11(17)21/h2-5,7,15,18-21H,1,6H2,(H,24,25). The van der Waals surface area contributed by atoms with Crippen molar-refractivity contribution in [3.8, 4) is 23.5 Å². The number of hydrogen-bond acceptors (Lipinski definition) is 9. The molecule has 0 bridgehead atoms. The molecular weight excluding hydrogens is 370 g/mol. The lowest BCUT2D eigenvalue weighted by Gasteiger charge is -2.16. The summed E-state index contributed by atoms with van der Waals surface area (Å²) in [6, 6.07) is 2.61. The Morgan fingerprint density at radius 1 is 0.889 bits per heavy atom. The predicted molar refractivity (Wildman–Crippen MR) is 82.9 cm³/mol. The number of carboxylic acid groups (broad SMARTS) is 1. The summed E-state index contributed by atoms with van der Waals surface area (Å²) in [4.78, 5) is 44.0. The zero-order chi connectivity index (χ0) is 20.1. The number of aromatic nitrogens is 2. The topological polar surface area (TPSA) is 193 Å². The Labute approximate surface area is 150 Å². The van der Waals surface area contributed by atoms with Gasteiger partial charge in [-0.2, -0.15) is 0 Å². The van der Waals surface area contributed by atoms with Gasteiger partial charge >= 0.3 is 18.0 Å². The van der Waals surface area contributed by atoms with Crippen LogP contribution in [-0.4, -0.2) is 59.1 Å². The minimum atomic E-state index is -1.59. The van der Waals surface area contributed by atoms with Crippen LogP contribution >= 0.6 is 0 Å². The Bertz CT molecular complexity index is 816. The molecule has 1 unspecified atom stereocenters. The van der Waals surface area contributed by atoms with Crippen LogP contribution in [0.2, 0.25) is 0 Å². The number of rotatable bonds is 7. The van der Waals surface area contributed by atoms with Gasteiger partial charge in [-0.15, -0.1) is 9.46 Å². The molecule has 0 aliphatic rings. The SMILES string of the molecule is O=C(O)NC(CCC(=O)On1c(O)ccc1O)C(=O)On1c(O)ccc1O. The Hall–Kier alpha value is -4.03. The molecular formula is C14H15N3O10. The zero-order valence-electron chi connectivity index (χ0n) is 13.5. The van der Waals surface area contributed by atoms with Crippen molar-refractivity contribution in [3.63, 3.8) is 0 Å². The lowest BCUT2D eigenvalue weighted by atomic mass is 10.1. The summed E-state index contributed by atoms with van der Waals surface area (Å²) in [6.45, 7) is 0. The lowest BCUT2D eigenvalue weighted by Crippen LogP contribution is -2.44. The second kappa shape index (κ2) is 7.90. The van der Waals surface area contributed by atoms with E-state index in [1.54, 1.807) is 0 Å². The number of hydrogen-bond donors (Lipinski definition) is 6. The van der Waals surface area contributed by atoms with Gasteiger partial charge in [0.15, 0.2) is 0 Å². The summed E-state index contributed by atoms with van der Waals surface area (Å²) in [5.74, 6) is -4.58. The number of aromatic hydroxyl groups is 4. The molecule has 2 aromatic rings. The molecule has 13 heteroatoms. The average molecular weight is 385 g/mol. The first kappa shape index (κ1) is 19.3. The summed E-state index contributed by atoms with van der Waals surface area (Å²) in [5.41, 5.74) is 0. The Morgan fingerprint density at radius 3 is 1.78 bits per heavy atom. The summed E-state index contributed by atoms with van der Waals surface area (Å²) in [6.07, 6.45) is -2.52. The quantitative estimate of drug-likeness (QED) is 0.349. The van der Waals surface area contributed by atoms with Crippen molar-refractivity contribution in [1.29, 1.82) is 0 Å². The molecule has 0 aliphatic heterocycles. The third kappa shape index (κ3) is 4.75. The van der Waals surface area contributed by atoms with Crippen molar-refractivity contribution in [2.24, 2.45) is 0 Å². The fraction of sp³-hybridized carbons (Fsp3) is 0.214. The van der Waals surface area contributed by atoms with Gasteiger partial charge in [-0.05, 0) is 6.42 Å². The predicted octanol–water partition coefficient (Wildman–Crippen LogP) is -0.861. The van der Waals surface area contributed by atoms with Crippen molar-refractivity contribution in [2.75, 3.05) is 0 Å². The molecule has 1 amide bonds. The van der Waals surface area contributed by atoms with E-state index in [1.807, 2.05) is 5.32 Å². The number of carbonyl (C=O) groups is 3. The largest absolute Gasteiger partial charge is 0.492 e. The van der Waals surface area contributed by atoms with Crippen LogP contribution < -0.4 is 15.0 Å². The molecule has 0 spiro atoms. The molecule has 13 nitrogen and oxygen atoms in total. The van der Waals surface area contributed by atoms with Gasteiger partial charge in [-0.25, -0.2) is 14.4 Å². The molecule has 0 saturated carbocycles. The Morgan fingerprint density at radius 2 is 1.33 bits per heavy atom. The highest BCUT2D eigenvalue weighted by atomic mass is 16.7. The maximum Gasteiger partial charge on any atom is 0.405 e. The van der Waals surface area contributed by atoms with Gasteiger partial charge < -0.3 is 40.5 Å². The van der Waals surface area contributed by atoms with E-state index >= 15 is 0 Å². The summed E-state index contributed by atoms with van der Waals surface area (Å²) in [7, 11) is 0. The maximum atomic E-state index is 12.1. The highest BCUT2D eigenvalue weighted by Crippen LogP contribution is 2.20. The molecule has 0 aliphatic carbocycles. The van der Waals surface area contributed by atoms with Crippen LogP contribution in [0.1, 0.15) is 12.8 Å². The smallest absolute Gasteiger partial charge is 0.405 e. The van der Waals surface area contributed by atoms with Gasteiger partial charge in [0, 0.05) is 24.3 Å². The molecule has 0 aromatic carbocycles. The highest BCUT2D eigenvalue weighted by Gasteiger charge is 2.26. The van der Waals surface area contributed by atoms with Crippen LogP contribution in [0.5, 0.6) is 23.5 Å². The van der Waals surface area contributed by atoms with Crippen LogP contribution in [0.4, 0.5) is 4.79 Å². The average Bonchev–Trinajstić information content (AvgIpc) is 3.08. The molecule has 27 heavy (non-hydrogen) atoms. The molecule has 2 heterocycles. The number of nitrogens with zero attached hydrogens (tertiary/aromatic N) is 2. The van der Waals surface area contributed by atoms with Crippen LogP contribution in [-0.2, 0) is 9.59 Å². The minimum Gasteiger partial charge on any atom is -0.492 e. The lowest BCUT2D eigenvalue weighted by molar-refractivity contribution is -0.149. The first-order valence-corrected chi connectivity index (χ1v) is 7.31. The van der Waals surface area contributed by atoms with E-state index in [1.165, 1.54) is 0 Å². The summed E-state index contributed by atoms with van der Waals surface area (Å²) in [5, 5.41) is 48.2. The van der Waals surface area contributed by atoms with E-state index in [0.717, 1.165) is 24.3 Å². The fourth-order valence-electron chi connectivity index (χ4n) is 1.95. The first-order chi connectivity index (χ1) is 12.7. The number of amides is 1. The van der Waals surface area contributed by atoms with E-state index in [2.05, 4.69) is 9.68 Å². The van der Waals surface area contributed by atoms with E-state index < -0.39 is 60.4 Å². The highest BCUT2D eigenvalue weighted by molar-refractivity contribution is 5.82. The number of carbonyl (C=O) groups excluding carboxylic acids is 2. The second-order valence-corrected chi connectivity index (χ2v) is 5.10. The molecule has 1 atom stereocenters. The fourth-order valence-corrected chi connectivity index (χ4v) is 1.95.